The number of hydrogen-bond donors (Lipinski definition) is 0. The summed E-state index contributed by atoms with van der Waals surface area (Å²) in [7, 11) is 7.35. The van der Waals surface area contributed by atoms with Crippen LogP contribution in [0.3, 0.4) is 0 Å². The monoisotopic (exact) mass is 318 g/mol. The van der Waals surface area contributed by atoms with E-state index in [9.17, 15) is 9.59 Å². The lowest BCUT2D eigenvalue weighted by atomic mass is 10.2. The second-order valence-corrected chi connectivity index (χ2v) is 5.80. The number of rotatable bonds is 6. The Labute approximate surface area is 134 Å². The lowest BCUT2D eigenvalue weighted by Gasteiger charge is -2.39. The highest BCUT2D eigenvalue weighted by Gasteiger charge is 2.32. The molecule has 5 nitrogen and oxygen atoms in total. The molecule has 0 spiro atoms. The summed E-state index contributed by atoms with van der Waals surface area (Å²) in [5, 5.41) is 0. The van der Waals surface area contributed by atoms with Gasteiger partial charge < -0.3 is 21.6 Å². The fraction of sp³-hybridized carbons (Fsp3) is 0.600. The fourth-order valence-electron chi connectivity index (χ4n) is 2.04. The first-order valence-electron chi connectivity index (χ1n) is 6.62. The minimum atomic E-state index is -0.444. The number of hydrogen-bond acceptors (Lipinski definition) is 3. The van der Waals surface area contributed by atoms with Gasteiger partial charge in [-0.2, -0.15) is 0 Å². The summed E-state index contributed by atoms with van der Waals surface area (Å²) in [6.45, 7) is 9.01. The molecule has 0 aromatic carbocycles. The molecule has 0 rings (SSSR count). The van der Waals surface area contributed by atoms with Gasteiger partial charge >= 0.3 is 5.97 Å². The average Bonchev–Trinajstić information content (AvgIpc) is 2.34. The minimum absolute atomic E-state index is 0. The van der Waals surface area contributed by atoms with Crippen molar-refractivity contribution in [2.75, 3.05) is 28.3 Å². The molecule has 122 valence electrons. The molecule has 21 heavy (non-hydrogen) atoms. The molecular weight excluding hydrogens is 292 g/mol. The van der Waals surface area contributed by atoms with E-state index >= 15 is 0 Å². The van der Waals surface area contributed by atoms with Crippen molar-refractivity contribution in [2.24, 2.45) is 0 Å². The summed E-state index contributed by atoms with van der Waals surface area (Å²) in [4.78, 5) is 25.5. The Morgan fingerprint density at radius 3 is 2.05 bits per heavy atom. The predicted octanol–water partition coefficient (Wildman–Crippen LogP) is -1.09. The predicted molar refractivity (Wildman–Crippen MR) is 79.5 cm³/mol. The number of carbonyl (C=O) groups is 2. The van der Waals surface area contributed by atoms with Crippen LogP contribution in [0, 0.1) is 0 Å². The zero-order chi connectivity index (χ0) is 16.1. The van der Waals surface area contributed by atoms with Crippen LogP contribution in [0.1, 0.15) is 27.2 Å². The first-order chi connectivity index (χ1) is 9.06. The highest BCUT2D eigenvalue weighted by atomic mass is 35.5. The van der Waals surface area contributed by atoms with Crippen LogP contribution in [0.25, 0.3) is 0 Å². The Morgan fingerprint density at radius 2 is 1.76 bits per heavy atom. The van der Waals surface area contributed by atoms with Gasteiger partial charge in [0.25, 0.3) is 5.91 Å². The maximum Gasteiger partial charge on any atom is 0.334 e. The smallest absolute Gasteiger partial charge is 0.334 e. The zero-order valence-electron chi connectivity index (χ0n) is 14.1. The van der Waals surface area contributed by atoms with Gasteiger partial charge in [0.2, 0.25) is 0 Å². The van der Waals surface area contributed by atoms with Gasteiger partial charge in [0.15, 0.2) is 6.17 Å². The van der Waals surface area contributed by atoms with Gasteiger partial charge in [-0.05, 0) is 13.8 Å². The number of amides is 1. The Bertz CT molecular complexity index is 425. The number of quaternary nitrogens is 1. The number of methoxy groups -OCH3 is 1. The van der Waals surface area contributed by atoms with Crippen molar-refractivity contribution in [1.82, 2.24) is 4.90 Å². The van der Waals surface area contributed by atoms with E-state index in [1.54, 1.807) is 24.9 Å². The molecule has 0 aliphatic heterocycles. The minimum Gasteiger partial charge on any atom is -1.00 e. The maximum absolute atomic E-state index is 12.4. The Balaban J connectivity index is 0. The maximum atomic E-state index is 12.4. The second kappa shape index (κ2) is 8.85. The van der Waals surface area contributed by atoms with Crippen LogP contribution in [0.15, 0.2) is 23.9 Å². The molecule has 0 aliphatic rings. The Hall–Kier alpha value is -1.33. The van der Waals surface area contributed by atoms with E-state index in [0.717, 1.165) is 6.42 Å². The molecule has 0 bridgehead atoms. The van der Waals surface area contributed by atoms with Crippen molar-refractivity contribution in [1.29, 1.82) is 0 Å². The summed E-state index contributed by atoms with van der Waals surface area (Å²) >= 11 is 0. The summed E-state index contributed by atoms with van der Waals surface area (Å²) in [5.41, 5.74) is 0.819. The lowest BCUT2D eigenvalue weighted by Crippen LogP contribution is -3.00. The molecular formula is C15H27ClN2O3. The van der Waals surface area contributed by atoms with E-state index < -0.39 is 5.97 Å². The van der Waals surface area contributed by atoms with E-state index in [0.29, 0.717) is 15.6 Å². The molecule has 1 atom stereocenters. The molecule has 0 heterocycles. The quantitative estimate of drug-likeness (QED) is 0.271. The van der Waals surface area contributed by atoms with Crippen molar-refractivity contribution >= 4 is 11.9 Å². The molecule has 0 radical (unpaired) electrons. The van der Waals surface area contributed by atoms with Gasteiger partial charge in [-0.15, -0.1) is 0 Å². The van der Waals surface area contributed by atoms with Crippen LogP contribution in [0.5, 0.6) is 0 Å². The van der Waals surface area contributed by atoms with Gasteiger partial charge in [0.1, 0.15) is 0 Å². The highest BCUT2D eigenvalue weighted by molar-refractivity contribution is 5.94. The summed E-state index contributed by atoms with van der Waals surface area (Å²) < 4.78 is 5.25. The largest absolute Gasteiger partial charge is 1.00 e. The van der Waals surface area contributed by atoms with Crippen LogP contribution in [-0.4, -0.2) is 55.7 Å². The SMILES string of the molecule is C=C(C)C(=O)N(C=C(C)C(=O)OC)C(CC)[N+](C)(C)C.[Cl-]. The van der Waals surface area contributed by atoms with E-state index in [4.69, 9.17) is 0 Å². The molecule has 0 aromatic heterocycles. The first kappa shape index (κ1) is 22.0. The van der Waals surface area contributed by atoms with Crippen LogP contribution in [0.2, 0.25) is 0 Å². The highest BCUT2D eigenvalue weighted by Crippen LogP contribution is 2.18. The number of nitrogens with zero attached hydrogens (tertiary/aromatic N) is 2. The third-order valence-corrected chi connectivity index (χ3v) is 3.02. The van der Waals surface area contributed by atoms with Gasteiger partial charge in [0, 0.05) is 18.2 Å². The normalized spacial score (nSPS) is 13.0. The third-order valence-electron chi connectivity index (χ3n) is 3.02. The second-order valence-electron chi connectivity index (χ2n) is 5.80. The van der Waals surface area contributed by atoms with Gasteiger partial charge in [-0.3, -0.25) is 9.69 Å². The molecule has 0 N–H and O–H groups in total. The molecule has 6 heteroatoms. The van der Waals surface area contributed by atoms with Crippen LogP contribution < -0.4 is 12.4 Å². The Kier molecular flexibility index (Phi) is 9.25. The first-order valence-corrected chi connectivity index (χ1v) is 6.62. The van der Waals surface area contributed by atoms with E-state index in [1.807, 2.05) is 28.1 Å². The van der Waals surface area contributed by atoms with E-state index in [-0.39, 0.29) is 24.5 Å². The molecule has 0 aromatic rings. The molecule has 0 saturated heterocycles. The van der Waals surface area contributed by atoms with Gasteiger partial charge in [-0.25, -0.2) is 4.79 Å². The average molecular weight is 319 g/mol. The van der Waals surface area contributed by atoms with Crippen molar-refractivity contribution < 1.29 is 31.2 Å². The standard InChI is InChI=1S/C15H27N2O3.ClH/c1-9-13(17(5,6)7)16(14(18)11(2)3)10-12(4)15(19)20-8;/h10,13H,2,9H2,1,3-8H3;1H/q+1;/p-1. The number of carbonyl (C=O) groups excluding carboxylic acids is 2. The molecule has 0 saturated carbocycles. The van der Waals surface area contributed by atoms with Crippen LogP contribution >= 0.6 is 0 Å². The molecule has 1 unspecified atom stereocenters. The van der Waals surface area contributed by atoms with Crippen molar-refractivity contribution in [2.45, 2.75) is 33.4 Å². The van der Waals surface area contributed by atoms with Crippen molar-refractivity contribution in [3.05, 3.63) is 23.9 Å². The molecule has 0 fully saturated rings. The number of ether oxygens (including phenoxy) is 1. The van der Waals surface area contributed by atoms with Gasteiger partial charge in [0.05, 0.1) is 33.8 Å². The lowest BCUT2D eigenvalue weighted by molar-refractivity contribution is -0.905. The molecule has 0 aliphatic carbocycles. The van der Waals surface area contributed by atoms with E-state index in [2.05, 4.69) is 11.3 Å². The molecule has 1 amide bonds. The number of halogens is 1. The summed E-state index contributed by atoms with van der Waals surface area (Å²) in [5.74, 6) is -0.631. The van der Waals surface area contributed by atoms with Crippen molar-refractivity contribution in [3.63, 3.8) is 0 Å². The zero-order valence-corrected chi connectivity index (χ0v) is 14.8. The summed E-state index contributed by atoms with van der Waals surface area (Å²) in [6, 6.07) is 0. The summed E-state index contributed by atoms with van der Waals surface area (Å²) in [6.07, 6.45) is 2.23. The van der Waals surface area contributed by atoms with Gasteiger partial charge in [-0.1, -0.05) is 13.5 Å². The van der Waals surface area contributed by atoms with Crippen LogP contribution in [0.4, 0.5) is 0 Å². The topological polar surface area (TPSA) is 46.6 Å². The van der Waals surface area contributed by atoms with Crippen LogP contribution in [-0.2, 0) is 14.3 Å². The third kappa shape index (κ3) is 6.31. The number of esters is 1. The Morgan fingerprint density at radius 1 is 1.29 bits per heavy atom. The van der Waals surface area contributed by atoms with E-state index in [1.165, 1.54) is 7.11 Å². The van der Waals surface area contributed by atoms with Crippen molar-refractivity contribution in [3.8, 4) is 0 Å². The fourth-order valence-corrected chi connectivity index (χ4v) is 2.04.